The van der Waals surface area contributed by atoms with Crippen LogP contribution in [0.1, 0.15) is 0 Å². The zero-order chi connectivity index (χ0) is 45.0. The average molecular weight is 866 g/mol. The molecule has 0 saturated carbocycles. The fraction of sp³-hybridized carbons (Fsp3) is 0. The van der Waals surface area contributed by atoms with Gasteiger partial charge in [0.1, 0.15) is 11.2 Å². The van der Waals surface area contributed by atoms with Crippen molar-refractivity contribution in [2.24, 2.45) is 0 Å². The summed E-state index contributed by atoms with van der Waals surface area (Å²) in [5.41, 5.74) is 16.7. The Morgan fingerprint density at radius 3 is 1.53 bits per heavy atom. The number of hydrogen-bond acceptors (Lipinski definition) is 2. The first kappa shape index (κ1) is 39.4. The quantitative estimate of drug-likeness (QED) is 0.142. The van der Waals surface area contributed by atoms with E-state index in [1.807, 2.05) is 12.1 Å². The van der Waals surface area contributed by atoms with Crippen molar-refractivity contribution in [1.82, 2.24) is 0 Å². The molecule has 12 aromatic carbocycles. The molecule has 0 saturated heterocycles. The zero-order valence-corrected chi connectivity index (χ0v) is 37.2. The second-order valence-electron chi connectivity index (χ2n) is 17.7. The van der Waals surface area contributed by atoms with E-state index in [9.17, 15) is 0 Å². The Morgan fingerprint density at radius 1 is 0.235 bits per heavy atom. The van der Waals surface area contributed by atoms with Gasteiger partial charge >= 0.3 is 0 Å². The second kappa shape index (κ2) is 16.5. The van der Waals surface area contributed by atoms with Crippen LogP contribution in [0.3, 0.4) is 0 Å². The van der Waals surface area contributed by atoms with Crippen LogP contribution >= 0.6 is 0 Å². The fourth-order valence-electron chi connectivity index (χ4n) is 10.2. The number of anilines is 3. The van der Waals surface area contributed by atoms with Gasteiger partial charge in [0.15, 0.2) is 0 Å². The lowest BCUT2D eigenvalue weighted by Gasteiger charge is -2.29. The Labute approximate surface area is 395 Å². The first-order chi connectivity index (χ1) is 33.7. The molecule has 0 aliphatic carbocycles. The van der Waals surface area contributed by atoms with E-state index in [2.05, 4.69) is 254 Å². The Hall–Kier alpha value is -8.98. The van der Waals surface area contributed by atoms with Crippen molar-refractivity contribution in [1.29, 1.82) is 0 Å². The van der Waals surface area contributed by atoms with E-state index in [1.165, 1.54) is 54.6 Å². The highest BCUT2D eigenvalue weighted by Gasteiger charge is 2.21. The van der Waals surface area contributed by atoms with Gasteiger partial charge in [-0.1, -0.05) is 194 Å². The molecule has 0 aliphatic rings. The minimum absolute atomic E-state index is 0.897. The van der Waals surface area contributed by atoms with Crippen LogP contribution in [0.4, 0.5) is 17.1 Å². The molecular weight excluding hydrogens is 823 g/mol. The molecule has 2 nitrogen and oxygen atoms in total. The average Bonchev–Trinajstić information content (AvgIpc) is 3.79. The SMILES string of the molecule is c1ccc(-c2ccc(-c3cc4ccccc4c4ccccc34)cc2N(c2ccc(-c3cccc(-c4ccc5ccccc5c4)c3)cc2)c2ccc(-c3ccc4oc5ccccc5c4c3)cc2)cc1. The number of nitrogens with zero attached hydrogens (tertiary/aromatic N) is 1. The zero-order valence-electron chi connectivity index (χ0n) is 37.2. The lowest BCUT2D eigenvalue weighted by atomic mass is 9.91. The highest BCUT2D eigenvalue weighted by molar-refractivity contribution is 6.14. The topological polar surface area (TPSA) is 16.4 Å². The van der Waals surface area contributed by atoms with Gasteiger partial charge in [-0.25, -0.2) is 0 Å². The number of fused-ring (bicyclic) bond motifs is 7. The first-order valence-corrected chi connectivity index (χ1v) is 23.3. The van der Waals surface area contributed by atoms with Crippen molar-refractivity contribution < 1.29 is 4.42 Å². The smallest absolute Gasteiger partial charge is 0.135 e. The standard InChI is InChI=1S/C66H43NO/c1-2-14-47(15-3-1)58-37-31-54(62-42-53-17-6-7-20-57(53)59-21-8-9-22-60(59)62)43-64(58)67(56-35-29-46(30-36-56)52-32-38-66-63(41-52)61-23-10-11-24-65(61)68-66)55-33-27-45(28-34-55)49-18-12-19-50(39-49)51-26-25-44-13-4-5-16-48(44)40-51/h1-43H. The normalized spacial score (nSPS) is 11.5. The van der Waals surface area contributed by atoms with Crippen molar-refractivity contribution in [2.45, 2.75) is 0 Å². The summed E-state index contributed by atoms with van der Waals surface area (Å²) in [7, 11) is 0. The summed E-state index contributed by atoms with van der Waals surface area (Å²) < 4.78 is 6.20. The number of hydrogen-bond donors (Lipinski definition) is 0. The molecular formula is C66H43NO. The van der Waals surface area contributed by atoms with Gasteiger partial charge in [0.05, 0.1) is 5.69 Å². The Kier molecular flexibility index (Phi) is 9.54. The largest absolute Gasteiger partial charge is 0.456 e. The predicted octanol–water partition coefficient (Wildman–Crippen LogP) is 18.9. The summed E-state index contributed by atoms with van der Waals surface area (Å²) in [6, 6.07) is 94.8. The van der Waals surface area contributed by atoms with Crippen molar-refractivity contribution >= 4 is 71.3 Å². The van der Waals surface area contributed by atoms with Crippen LogP contribution in [0, 0.1) is 0 Å². The second-order valence-corrected chi connectivity index (χ2v) is 17.7. The molecule has 68 heavy (non-hydrogen) atoms. The molecule has 0 atom stereocenters. The van der Waals surface area contributed by atoms with Gasteiger partial charge in [-0.05, 0) is 149 Å². The van der Waals surface area contributed by atoms with Gasteiger partial charge in [0.25, 0.3) is 0 Å². The van der Waals surface area contributed by atoms with Gasteiger partial charge in [-0.2, -0.15) is 0 Å². The third kappa shape index (κ3) is 6.99. The van der Waals surface area contributed by atoms with Gasteiger partial charge in [-0.15, -0.1) is 0 Å². The molecule has 0 fully saturated rings. The Balaban J connectivity index is 0.966. The molecule has 0 amide bonds. The van der Waals surface area contributed by atoms with E-state index >= 15 is 0 Å². The number of para-hydroxylation sites is 1. The van der Waals surface area contributed by atoms with Crippen LogP contribution in [-0.4, -0.2) is 0 Å². The van der Waals surface area contributed by atoms with Gasteiger partial charge in [-0.3, -0.25) is 0 Å². The third-order valence-electron chi connectivity index (χ3n) is 13.6. The van der Waals surface area contributed by atoms with E-state index in [-0.39, 0.29) is 0 Å². The summed E-state index contributed by atoms with van der Waals surface area (Å²) in [5, 5.41) is 9.72. The van der Waals surface area contributed by atoms with Gasteiger partial charge in [0, 0.05) is 27.7 Å². The first-order valence-electron chi connectivity index (χ1n) is 23.3. The summed E-state index contributed by atoms with van der Waals surface area (Å²) >= 11 is 0. The lowest BCUT2D eigenvalue weighted by Crippen LogP contribution is -2.11. The molecule has 0 unspecified atom stereocenters. The van der Waals surface area contributed by atoms with Crippen LogP contribution in [0.25, 0.3) is 110 Å². The van der Waals surface area contributed by atoms with E-state index in [0.717, 1.165) is 72.4 Å². The maximum Gasteiger partial charge on any atom is 0.135 e. The summed E-state index contributed by atoms with van der Waals surface area (Å²) in [6.07, 6.45) is 0. The monoisotopic (exact) mass is 865 g/mol. The molecule has 0 N–H and O–H groups in total. The molecule has 1 aromatic heterocycles. The van der Waals surface area contributed by atoms with Gasteiger partial charge in [0.2, 0.25) is 0 Å². The molecule has 0 spiro atoms. The molecule has 0 bridgehead atoms. The van der Waals surface area contributed by atoms with E-state index in [0.29, 0.717) is 0 Å². The Morgan fingerprint density at radius 2 is 0.765 bits per heavy atom. The van der Waals surface area contributed by atoms with E-state index < -0.39 is 0 Å². The van der Waals surface area contributed by atoms with Crippen molar-refractivity contribution in [3.63, 3.8) is 0 Å². The summed E-state index contributed by atoms with van der Waals surface area (Å²) in [4.78, 5) is 2.43. The molecule has 2 heteroatoms. The molecule has 13 rings (SSSR count). The molecule has 0 aliphatic heterocycles. The number of furan rings is 1. The molecule has 318 valence electrons. The van der Waals surface area contributed by atoms with Crippen LogP contribution in [-0.2, 0) is 0 Å². The van der Waals surface area contributed by atoms with Gasteiger partial charge < -0.3 is 9.32 Å². The summed E-state index contributed by atoms with van der Waals surface area (Å²) in [6.45, 7) is 0. The number of benzene rings is 12. The van der Waals surface area contributed by atoms with Crippen molar-refractivity contribution in [2.75, 3.05) is 4.90 Å². The highest BCUT2D eigenvalue weighted by atomic mass is 16.3. The van der Waals surface area contributed by atoms with E-state index in [1.54, 1.807) is 0 Å². The lowest BCUT2D eigenvalue weighted by molar-refractivity contribution is 0.669. The third-order valence-corrected chi connectivity index (χ3v) is 13.6. The van der Waals surface area contributed by atoms with Crippen LogP contribution in [0.15, 0.2) is 265 Å². The molecule has 13 aromatic rings. The maximum atomic E-state index is 6.20. The molecule has 0 radical (unpaired) electrons. The van der Waals surface area contributed by atoms with E-state index in [4.69, 9.17) is 4.42 Å². The predicted molar refractivity (Wildman–Crippen MR) is 288 cm³/mol. The minimum Gasteiger partial charge on any atom is -0.456 e. The summed E-state index contributed by atoms with van der Waals surface area (Å²) in [5.74, 6) is 0. The van der Waals surface area contributed by atoms with Crippen LogP contribution < -0.4 is 4.90 Å². The Bertz CT molecular complexity index is 4010. The molecule has 1 heterocycles. The number of rotatable bonds is 8. The minimum atomic E-state index is 0.897. The van der Waals surface area contributed by atoms with Crippen LogP contribution in [0.2, 0.25) is 0 Å². The maximum absolute atomic E-state index is 6.20. The van der Waals surface area contributed by atoms with Crippen molar-refractivity contribution in [3.8, 4) is 55.6 Å². The highest BCUT2D eigenvalue weighted by Crippen LogP contribution is 2.46. The van der Waals surface area contributed by atoms with Crippen molar-refractivity contribution in [3.05, 3.63) is 261 Å². The van der Waals surface area contributed by atoms with Crippen LogP contribution in [0.5, 0.6) is 0 Å². The fourth-order valence-corrected chi connectivity index (χ4v) is 10.2.